The molecule has 27 heavy (non-hydrogen) atoms. The molecule has 0 unspecified atom stereocenters. The second kappa shape index (κ2) is 7.61. The van der Waals surface area contributed by atoms with Crippen LogP contribution in [-0.4, -0.2) is 40.7 Å². The topological polar surface area (TPSA) is 93.5 Å². The molecule has 2 aromatic rings. The minimum atomic E-state index is -0.593. The van der Waals surface area contributed by atoms with Crippen molar-refractivity contribution in [3.63, 3.8) is 0 Å². The summed E-state index contributed by atoms with van der Waals surface area (Å²) in [6, 6.07) is 6.61. The first-order valence-corrected chi connectivity index (χ1v) is 8.74. The molecule has 1 fully saturated rings. The second-order valence-electron chi connectivity index (χ2n) is 6.49. The van der Waals surface area contributed by atoms with E-state index in [1.54, 1.807) is 47.8 Å². The molecule has 0 spiro atoms. The number of carbonyl (C=O) groups excluding carboxylic acids is 3. The average molecular weight is 370 g/mol. The number of aromatic nitrogens is 2. The average Bonchev–Trinajstić information content (AvgIpc) is 3.18. The Labute approximate surface area is 157 Å². The maximum Gasteiger partial charge on any atom is 0.338 e. The molecule has 3 rings (SSSR count). The number of carbonyl (C=O) groups is 3. The third-order valence-electron chi connectivity index (χ3n) is 4.60. The second-order valence-corrected chi connectivity index (χ2v) is 6.49. The standard InChI is InChI=1S/C19H22N4O4/c1-12-18(13(2)22(3)21-12)20-16(24)11-27-19(26)14-6-8-15(9-7-14)23-10-4-5-17(23)25/h6-9H,4-5,10-11H2,1-3H3,(H,20,24). The number of ether oxygens (including phenoxy) is 1. The van der Waals surface area contributed by atoms with E-state index in [0.29, 0.717) is 29.9 Å². The van der Waals surface area contributed by atoms with Crippen LogP contribution in [0, 0.1) is 13.8 Å². The lowest BCUT2D eigenvalue weighted by Gasteiger charge is -2.15. The van der Waals surface area contributed by atoms with Gasteiger partial charge in [0.05, 0.1) is 22.6 Å². The van der Waals surface area contributed by atoms with Gasteiger partial charge in [-0.3, -0.25) is 14.3 Å². The van der Waals surface area contributed by atoms with E-state index < -0.39 is 11.9 Å². The van der Waals surface area contributed by atoms with E-state index in [2.05, 4.69) is 10.4 Å². The van der Waals surface area contributed by atoms with Gasteiger partial charge in [0.15, 0.2) is 6.61 Å². The molecule has 1 aromatic carbocycles. The van der Waals surface area contributed by atoms with E-state index in [0.717, 1.165) is 17.8 Å². The molecule has 2 heterocycles. The Bertz CT molecular complexity index is 886. The molecule has 8 heteroatoms. The van der Waals surface area contributed by atoms with Crippen molar-refractivity contribution >= 4 is 29.2 Å². The van der Waals surface area contributed by atoms with Crippen LogP contribution in [0.4, 0.5) is 11.4 Å². The summed E-state index contributed by atoms with van der Waals surface area (Å²) < 4.78 is 6.75. The Hall–Kier alpha value is -3.16. The van der Waals surface area contributed by atoms with Gasteiger partial charge in [0.1, 0.15) is 0 Å². The zero-order valence-corrected chi connectivity index (χ0v) is 15.6. The summed E-state index contributed by atoms with van der Waals surface area (Å²) in [5.41, 5.74) is 3.22. The summed E-state index contributed by atoms with van der Waals surface area (Å²) in [6.07, 6.45) is 1.39. The van der Waals surface area contributed by atoms with Crippen molar-refractivity contribution in [2.24, 2.45) is 7.05 Å². The Kier molecular flexibility index (Phi) is 5.25. The Balaban J connectivity index is 1.55. The quantitative estimate of drug-likeness (QED) is 0.812. The summed E-state index contributed by atoms with van der Waals surface area (Å²) in [6.45, 7) is 3.94. The van der Waals surface area contributed by atoms with Crippen LogP contribution in [0.1, 0.15) is 34.6 Å². The van der Waals surface area contributed by atoms with Crippen LogP contribution < -0.4 is 10.2 Å². The summed E-state index contributed by atoms with van der Waals surface area (Å²) in [4.78, 5) is 37.6. The monoisotopic (exact) mass is 370 g/mol. The molecule has 1 aromatic heterocycles. The van der Waals surface area contributed by atoms with Gasteiger partial charge in [0, 0.05) is 25.7 Å². The number of rotatable bonds is 5. The zero-order chi connectivity index (χ0) is 19.6. The summed E-state index contributed by atoms with van der Waals surface area (Å²) >= 11 is 0. The molecule has 1 N–H and O–H groups in total. The van der Waals surface area contributed by atoms with Gasteiger partial charge in [0.25, 0.3) is 5.91 Å². The van der Waals surface area contributed by atoms with Crippen molar-refractivity contribution in [2.75, 3.05) is 23.4 Å². The van der Waals surface area contributed by atoms with E-state index in [1.165, 1.54) is 0 Å². The first-order chi connectivity index (χ1) is 12.9. The predicted octanol–water partition coefficient (Wildman–Crippen LogP) is 1.96. The molecule has 0 aliphatic carbocycles. The number of amides is 2. The molecule has 0 radical (unpaired) electrons. The van der Waals surface area contributed by atoms with Gasteiger partial charge in [-0.25, -0.2) is 4.79 Å². The van der Waals surface area contributed by atoms with Crippen molar-refractivity contribution in [2.45, 2.75) is 26.7 Å². The first kappa shape index (κ1) is 18.6. The minimum absolute atomic E-state index is 0.0861. The van der Waals surface area contributed by atoms with Gasteiger partial charge in [-0.2, -0.15) is 5.10 Å². The van der Waals surface area contributed by atoms with Crippen LogP contribution in [0.25, 0.3) is 0 Å². The van der Waals surface area contributed by atoms with Gasteiger partial charge in [0.2, 0.25) is 5.91 Å². The predicted molar refractivity (Wildman–Crippen MR) is 99.6 cm³/mol. The summed E-state index contributed by atoms with van der Waals surface area (Å²) in [5.74, 6) is -0.936. The van der Waals surface area contributed by atoms with Crippen molar-refractivity contribution in [1.82, 2.24) is 9.78 Å². The Morgan fingerprint density at radius 3 is 2.48 bits per heavy atom. The normalized spacial score (nSPS) is 13.7. The smallest absolute Gasteiger partial charge is 0.338 e. The molecule has 0 bridgehead atoms. The number of nitrogens with zero attached hydrogens (tertiary/aromatic N) is 3. The van der Waals surface area contributed by atoms with Crippen LogP contribution in [0.3, 0.4) is 0 Å². The molecular formula is C19H22N4O4. The molecule has 2 amide bonds. The van der Waals surface area contributed by atoms with Crippen LogP contribution >= 0.6 is 0 Å². The molecule has 8 nitrogen and oxygen atoms in total. The maximum absolute atomic E-state index is 12.1. The van der Waals surface area contributed by atoms with E-state index in [9.17, 15) is 14.4 Å². The highest BCUT2D eigenvalue weighted by molar-refractivity contribution is 5.97. The zero-order valence-electron chi connectivity index (χ0n) is 15.6. The van der Waals surface area contributed by atoms with Crippen LogP contribution in [0.5, 0.6) is 0 Å². The number of hydrogen-bond acceptors (Lipinski definition) is 5. The van der Waals surface area contributed by atoms with Crippen molar-refractivity contribution < 1.29 is 19.1 Å². The highest BCUT2D eigenvalue weighted by Gasteiger charge is 2.22. The molecule has 1 aliphatic heterocycles. The molecule has 0 atom stereocenters. The third kappa shape index (κ3) is 3.99. The molecule has 0 saturated carbocycles. The minimum Gasteiger partial charge on any atom is -0.452 e. The van der Waals surface area contributed by atoms with Gasteiger partial charge >= 0.3 is 5.97 Å². The molecule has 1 aliphatic rings. The lowest BCUT2D eigenvalue weighted by Crippen LogP contribution is -2.24. The Morgan fingerprint density at radius 2 is 1.93 bits per heavy atom. The van der Waals surface area contributed by atoms with E-state index in [4.69, 9.17) is 4.74 Å². The van der Waals surface area contributed by atoms with E-state index in [1.807, 2.05) is 6.92 Å². The fourth-order valence-corrected chi connectivity index (χ4v) is 3.04. The van der Waals surface area contributed by atoms with Crippen molar-refractivity contribution in [3.8, 4) is 0 Å². The third-order valence-corrected chi connectivity index (χ3v) is 4.60. The number of nitrogens with one attached hydrogen (secondary N) is 1. The fourth-order valence-electron chi connectivity index (χ4n) is 3.04. The SMILES string of the molecule is Cc1nn(C)c(C)c1NC(=O)COC(=O)c1ccc(N2CCCC2=O)cc1. The molecule has 142 valence electrons. The fraction of sp³-hybridized carbons (Fsp3) is 0.368. The first-order valence-electron chi connectivity index (χ1n) is 8.74. The van der Waals surface area contributed by atoms with Crippen LogP contribution in [0.2, 0.25) is 0 Å². The van der Waals surface area contributed by atoms with Gasteiger partial charge in [-0.15, -0.1) is 0 Å². The molecular weight excluding hydrogens is 348 g/mol. The largest absolute Gasteiger partial charge is 0.452 e. The number of benzene rings is 1. The molecule has 1 saturated heterocycles. The van der Waals surface area contributed by atoms with E-state index >= 15 is 0 Å². The highest BCUT2D eigenvalue weighted by atomic mass is 16.5. The highest BCUT2D eigenvalue weighted by Crippen LogP contribution is 2.22. The summed E-state index contributed by atoms with van der Waals surface area (Å²) in [7, 11) is 1.79. The maximum atomic E-state index is 12.1. The lowest BCUT2D eigenvalue weighted by atomic mass is 10.2. The van der Waals surface area contributed by atoms with Crippen molar-refractivity contribution in [1.29, 1.82) is 0 Å². The Morgan fingerprint density at radius 1 is 1.22 bits per heavy atom. The van der Waals surface area contributed by atoms with Gasteiger partial charge in [-0.05, 0) is 44.5 Å². The van der Waals surface area contributed by atoms with E-state index in [-0.39, 0.29) is 12.5 Å². The number of hydrogen-bond donors (Lipinski definition) is 1. The van der Waals surface area contributed by atoms with Crippen LogP contribution in [0.15, 0.2) is 24.3 Å². The van der Waals surface area contributed by atoms with Crippen LogP contribution in [-0.2, 0) is 21.4 Å². The lowest BCUT2D eigenvalue weighted by molar-refractivity contribution is -0.119. The van der Waals surface area contributed by atoms with Gasteiger partial charge < -0.3 is 15.0 Å². The number of anilines is 2. The number of esters is 1. The summed E-state index contributed by atoms with van der Waals surface area (Å²) in [5, 5.41) is 6.93. The van der Waals surface area contributed by atoms with Gasteiger partial charge in [-0.1, -0.05) is 0 Å². The van der Waals surface area contributed by atoms with Crippen molar-refractivity contribution in [3.05, 3.63) is 41.2 Å². The number of aryl methyl sites for hydroxylation is 2.